The highest BCUT2D eigenvalue weighted by Gasteiger charge is 2.28. The predicted octanol–water partition coefficient (Wildman–Crippen LogP) is 4.86. The standard InChI is InChI=1S/C18H22ClN3OS2.ClH/c1-11-16(25-17(21-11)14-4-5-15(19)24-14)18(23)22-8-6-13(7-9-22)20-10-12-2-3-12;/h4-5,12-13,20H,2-3,6-10H2,1H3;1H. The summed E-state index contributed by atoms with van der Waals surface area (Å²) in [5, 5.41) is 4.55. The molecule has 1 aliphatic heterocycles. The van der Waals surface area contributed by atoms with Crippen molar-refractivity contribution in [3.63, 3.8) is 0 Å². The molecule has 2 aromatic heterocycles. The number of piperidine rings is 1. The molecule has 1 aliphatic carbocycles. The van der Waals surface area contributed by atoms with Crippen molar-refractivity contribution in [2.75, 3.05) is 19.6 Å². The van der Waals surface area contributed by atoms with Crippen LogP contribution in [0.1, 0.15) is 41.0 Å². The summed E-state index contributed by atoms with van der Waals surface area (Å²) in [5.41, 5.74) is 0.823. The second-order valence-corrected chi connectivity index (χ2v) is 9.67. The summed E-state index contributed by atoms with van der Waals surface area (Å²) in [5.74, 6) is 1.04. The molecule has 1 saturated carbocycles. The van der Waals surface area contributed by atoms with Crippen LogP contribution in [0.25, 0.3) is 9.88 Å². The number of hydrogen-bond acceptors (Lipinski definition) is 5. The van der Waals surface area contributed by atoms with Crippen molar-refractivity contribution in [3.05, 3.63) is 27.0 Å². The molecule has 0 atom stereocenters. The Hall–Kier alpha value is -0.660. The van der Waals surface area contributed by atoms with Crippen LogP contribution in [0.5, 0.6) is 0 Å². The lowest BCUT2D eigenvalue weighted by atomic mass is 10.0. The fourth-order valence-electron chi connectivity index (χ4n) is 3.22. The number of halogens is 2. The molecular formula is C18H23Cl2N3OS2. The van der Waals surface area contributed by atoms with Crippen molar-refractivity contribution in [2.45, 2.75) is 38.6 Å². The van der Waals surface area contributed by atoms with Crippen molar-refractivity contribution in [2.24, 2.45) is 5.92 Å². The molecule has 0 spiro atoms. The molecule has 2 aliphatic rings. The molecule has 0 radical (unpaired) electrons. The molecule has 0 bridgehead atoms. The minimum absolute atomic E-state index is 0. The van der Waals surface area contributed by atoms with Crippen LogP contribution in [0.3, 0.4) is 0 Å². The third-order valence-electron chi connectivity index (χ3n) is 4.95. The summed E-state index contributed by atoms with van der Waals surface area (Å²) in [6, 6.07) is 4.41. The van der Waals surface area contributed by atoms with Crippen LogP contribution < -0.4 is 5.32 Å². The second-order valence-electron chi connectivity index (χ2n) is 6.96. The van der Waals surface area contributed by atoms with E-state index >= 15 is 0 Å². The van der Waals surface area contributed by atoms with E-state index in [1.54, 1.807) is 0 Å². The van der Waals surface area contributed by atoms with Crippen LogP contribution in [0, 0.1) is 12.8 Å². The molecular weight excluding hydrogens is 409 g/mol. The topological polar surface area (TPSA) is 45.2 Å². The van der Waals surface area contributed by atoms with Gasteiger partial charge in [0, 0.05) is 19.1 Å². The van der Waals surface area contributed by atoms with E-state index in [4.69, 9.17) is 11.6 Å². The largest absolute Gasteiger partial charge is 0.338 e. The Bertz CT molecular complexity index is 764. The van der Waals surface area contributed by atoms with Gasteiger partial charge in [-0.3, -0.25) is 4.79 Å². The van der Waals surface area contributed by atoms with Gasteiger partial charge in [-0.15, -0.1) is 35.1 Å². The normalized spacial score (nSPS) is 18.0. The summed E-state index contributed by atoms with van der Waals surface area (Å²) in [4.78, 5) is 21.3. The number of hydrogen-bond donors (Lipinski definition) is 1. The highest BCUT2D eigenvalue weighted by atomic mass is 35.5. The van der Waals surface area contributed by atoms with Gasteiger partial charge >= 0.3 is 0 Å². The van der Waals surface area contributed by atoms with E-state index in [0.717, 1.165) is 63.2 Å². The third kappa shape index (κ3) is 4.60. The Balaban J connectivity index is 0.00000196. The third-order valence-corrected chi connectivity index (χ3v) is 7.49. The predicted molar refractivity (Wildman–Crippen MR) is 112 cm³/mol. The summed E-state index contributed by atoms with van der Waals surface area (Å²) in [7, 11) is 0. The monoisotopic (exact) mass is 431 g/mol. The zero-order chi connectivity index (χ0) is 17.4. The van der Waals surface area contributed by atoms with Gasteiger partial charge in [0.25, 0.3) is 5.91 Å². The van der Waals surface area contributed by atoms with Crippen LogP contribution >= 0.6 is 46.7 Å². The molecule has 0 aromatic carbocycles. The van der Waals surface area contributed by atoms with Crippen LogP contribution in [0.2, 0.25) is 4.34 Å². The molecule has 1 N–H and O–H groups in total. The number of carbonyl (C=O) groups excluding carboxylic acids is 1. The molecule has 2 fully saturated rings. The number of aryl methyl sites for hydroxylation is 1. The van der Waals surface area contributed by atoms with Crippen LogP contribution in [-0.4, -0.2) is 41.5 Å². The number of amides is 1. The van der Waals surface area contributed by atoms with E-state index in [-0.39, 0.29) is 18.3 Å². The second kappa shape index (κ2) is 8.57. The highest BCUT2D eigenvalue weighted by Crippen LogP contribution is 2.35. The lowest BCUT2D eigenvalue weighted by Gasteiger charge is -2.32. The number of thiophene rings is 1. The van der Waals surface area contributed by atoms with Gasteiger partial charge in [0.15, 0.2) is 0 Å². The molecule has 142 valence electrons. The van der Waals surface area contributed by atoms with Gasteiger partial charge in [-0.05, 0) is 57.2 Å². The molecule has 8 heteroatoms. The lowest BCUT2D eigenvalue weighted by molar-refractivity contribution is 0.0709. The van der Waals surface area contributed by atoms with Crippen molar-refractivity contribution < 1.29 is 4.79 Å². The lowest BCUT2D eigenvalue weighted by Crippen LogP contribution is -2.45. The van der Waals surface area contributed by atoms with E-state index in [1.807, 2.05) is 24.0 Å². The molecule has 26 heavy (non-hydrogen) atoms. The first-order valence-electron chi connectivity index (χ1n) is 8.86. The molecule has 3 heterocycles. The van der Waals surface area contributed by atoms with Crippen molar-refractivity contribution in [1.82, 2.24) is 15.2 Å². The van der Waals surface area contributed by atoms with Gasteiger partial charge in [-0.2, -0.15) is 0 Å². The number of aromatic nitrogens is 1. The maximum Gasteiger partial charge on any atom is 0.265 e. The summed E-state index contributed by atoms with van der Waals surface area (Å²) >= 11 is 9.01. The first-order chi connectivity index (χ1) is 12.1. The number of likely N-dealkylation sites (tertiary alicyclic amines) is 1. The van der Waals surface area contributed by atoms with E-state index < -0.39 is 0 Å². The summed E-state index contributed by atoms with van der Waals surface area (Å²) < 4.78 is 0.747. The van der Waals surface area contributed by atoms with E-state index in [2.05, 4.69) is 10.3 Å². The van der Waals surface area contributed by atoms with E-state index in [9.17, 15) is 4.79 Å². The number of thiazole rings is 1. The molecule has 1 amide bonds. The van der Waals surface area contributed by atoms with Crippen LogP contribution in [0.4, 0.5) is 0 Å². The van der Waals surface area contributed by atoms with Crippen LogP contribution in [-0.2, 0) is 0 Å². The van der Waals surface area contributed by atoms with Gasteiger partial charge < -0.3 is 10.2 Å². The average Bonchev–Trinajstić information content (AvgIpc) is 3.22. The Morgan fingerprint density at radius 3 is 2.62 bits per heavy atom. The molecule has 1 saturated heterocycles. The Morgan fingerprint density at radius 2 is 2.00 bits per heavy atom. The number of nitrogens with one attached hydrogen (secondary N) is 1. The maximum atomic E-state index is 12.9. The first kappa shape index (κ1) is 20.1. The number of carbonyl (C=O) groups is 1. The summed E-state index contributed by atoms with van der Waals surface area (Å²) in [6.45, 7) is 4.74. The Morgan fingerprint density at radius 1 is 1.27 bits per heavy atom. The van der Waals surface area contributed by atoms with Crippen molar-refractivity contribution in [1.29, 1.82) is 0 Å². The molecule has 0 unspecified atom stereocenters. The Kier molecular flexibility index (Phi) is 6.62. The fraction of sp³-hybridized carbons (Fsp3) is 0.556. The average molecular weight is 432 g/mol. The maximum absolute atomic E-state index is 12.9. The van der Waals surface area contributed by atoms with E-state index in [0.29, 0.717) is 6.04 Å². The fourth-order valence-corrected chi connectivity index (χ4v) is 5.35. The molecule has 4 nitrogen and oxygen atoms in total. The van der Waals surface area contributed by atoms with Gasteiger partial charge in [0.2, 0.25) is 0 Å². The van der Waals surface area contributed by atoms with Crippen molar-refractivity contribution in [3.8, 4) is 9.88 Å². The van der Waals surface area contributed by atoms with Gasteiger partial charge in [-0.25, -0.2) is 4.98 Å². The molecule has 2 aromatic rings. The molecule has 4 rings (SSSR count). The Labute approximate surface area is 173 Å². The van der Waals surface area contributed by atoms with E-state index in [1.165, 1.54) is 35.5 Å². The zero-order valence-corrected chi connectivity index (χ0v) is 17.9. The minimum atomic E-state index is 0. The summed E-state index contributed by atoms with van der Waals surface area (Å²) in [6.07, 6.45) is 4.85. The zero-order valence-electron chi connectivity index (χ0n) is 14.7. The van der Waals surface area contributed by atoms with Crippen LogP contribution in [0.15, 0.2) is 12.1 Å². The number of rotatable bonds is 5. The van der Waals surface area contributed by atoms with Gasteiger partial charge in [-0.1, -0.05) is 11.6 Å². The van der Waals surface area contributed by atoms with Gasteiger partial charge in [0.05, 0.1) is 14.9 Å². The van der Waals surface area contributed by atoms with Crippen molar-refractivity contribution >= 4 is 52.6 Å². The van der Waals surface area contributed by atoms with Gasteiger partial charge in [0.1, 0.15) is 9.88 Å². The minimum Gasteiger partial charge on any atom is -0.338 e. The SMILES string of the molecule is Cc1nc(-c2ccc(Cl)s2)sc1C(=O)N1CCC(NCC2CC2)CC1.Cl. The first-order valence-corrected chi connectivity index (χ1v) is 10.9. The highest BCUT2D eigenvalue weighted by molar-refractivity contribution is 7.24. The smallest absolute Gasteiger partial charge is 0.265 e. The quantitative estimate of drug-likeness (QED) is 0.734. The number of nitrogens with zero attached hydrogens (tertiary/aromatic N) is 2.